The van der Waals surface area contributed by atoms with Crippen LogP contribution in [0.5, 0.6) is 11.5 Å². The van der Waals surface area contributed by atoms with Gasteiger partial charge in [-0.25, -0.2) is 0 Å². The molecule has 4 nitrogen and oxygen atoms in total. The van der Waals surface area contributed by atoms with Gasteiger partial charge in [0.2, 0.25) is 0 Å². The fourth-order valence-electron chi connectivity index (χ4n) is 4.78. The highest BCUT2D eigenvalue weighted by Crippen LogP contribution is 2.46. The number of rotatable bonds is 10. The minimum absolute atomic E-state index is 0.0247. The largest absolute Gasteiger partial charge is 0.491 e. The molecule has 2 N–H and O–H groups in total. The normalized spacial score (nSPS) is 11.3. The highest BCUT2D eigenvalue weighted by molar-refractivity contribution is 5.62. The fourth-order valence-corrected chi connectivity index (χ4v) is 4.78. The van der Waals surface area contributed by atoms with Gasteiger partial charge in [0, 0.05) is 0 Å². The van der Waals surface area contributed by atoms with Crippen molar-refractivity contribution in [2.45, 2.75) is 19.3 Å². The van der Waals surface area contributed by atoms with Gasteiger partial charge in [0.25, 0.3) is 0 Å². The SMILES string of the molecule is Cc1cc(C(c2ccccc2)(c2ccccc2)c2ccc(OCCO)c(C)c2)ccc1OCCO. The van der Waals surface area contributed by atoms with E-state index >= 15 is 0 Å². The second-order valence-electron chi connectivity index (χ2n) is 8.59. The topological polar surface area (TPSA) is 58.9 Å². The lowest BCUT2D eigenvalue weighted by Crippen LogP contribution is -2.31. The van der Waals surface area contributed by atoms with Gasteiger partial charge in [-0.3, -0.25) is 0 Å². The van der Waals surface area contributed by atoms with Crippen LogP contribution in [-0.2, 0) is 5.41 Å². The highest BCUT2D eigenvalue weighted by atomic mass is 16.5. The number of aliphatic hydroxyl groups excluding tert-OH is 2. The first kappa shape index (κ1) is 24.5. The summed E-state index contributed by atoms with van der Waals surface area (Å²) in [4.78, 5) is 0. The van der Waals surface area contributed by atoms with E-state index in [4.69, 9.17) is 9.47 Å². The molecule has 0 heterocycles. The Bertz CT molecular complexity index is 1140. The molecule has 0 aliphatic carbocycles. The van der Waals surface area contributed by atoms with Gasteiger partial charge in [-0.1, -0.05) is 84.9 Å². The minimum atomic E-state index is -0.580. The Labute approximate surface area is 207 Å². The molecule has 4 aromatic carbocycles. The van der Waals surface area contributed by atoms with E-state index in [1.807, 2.05) is 38.1 Å². The summed E-state index contributed by atoms with van der Waals surface area (Å²) in [6.07, 6.45) is 0. The third kappa shape index (κ3) is 4.95. The van der Waals surface area contributed by atoms with Crippen molar-refractivity contribution in [2.75, 3.05) is 26.4 Å². The maximum atomic E-state index is 9.20. The van der Waals surface area contributed by atoms with Crippen LogP contribution in [0.15, 0.2) is 97.1 Å². The number of hydrogen-bond acceptors (Lipinski definition) is 4. The Kier molecular flexibility index (Phi) is 7.86. The molecule has 0 atom stereocenters. The van der Waals surface area contributed by atoms with E-state index in [1.54, 1.807) is 0 Å². The zero-order valence-electron chi connectivity index (χ0n) is 20.3. The average Bonchev–Trinajstić information content (AvgIpc) is 2.89. The molecule has 4 heteroatoms. The molecule has 4 rings (SSSR count). The molecule has 35 heavy (non-hydrogen) atoms. The third-order valence-corrected chi connectivity index (χ3v) is 6.33. The second-order valence-corrected chi connectivity index (χ2v) is 8.59. The van der Waals surface area contributed by atoms with E-state index in [9.17, 15) is 10.2 Å². The average molecular weight is 469 g/mol. The zero-order chi connectivity index (χ0) is 24.7. The molecular weight excluding hydrogens is 436 g/mol. The van der Waals surface area contributed by atoms with Crippen LogP contribution >= 0.6 is 0 Å². The molecule has 0 aliphatic rings. The summed E-state index contributed by atoms with van der Waals surface area (Å²) in [5, 5.41) is 18.4. The number of aryl methyl sites for hydroxylation is 2. The molecule has 180 valence electrons. The van der Waals surface area contributed by atoms with Gasteiger partial charge in [-0.05, 0) is 59.4 Å². The van der Waals surface area contributed by atoms with Gasteiger partial charge in [0.15, 0.2) is 0 Å². The second kappa shape index (κ2) is 11.2. The zero-order valence-corrected chi connectivity index (χ0v) is 20.3. The monoisotopic (exact) mass is 468 g/mol. The summed E-state index contributed by atoms with van der Waals surface area (Å²) in [6, 6.07) is 33.6. The summed E-state index contributed by atoms with van der Waals surface area (Å²) >= 11 is 0. The van der Waals surface area contributed by atoms with Crippen molar-refractivity contribution < 1.29 is 19.7 Å². The lowest BCUT2D eigenvalue weighted by Gasteiger charge is -2.37. The minimum Gasteiger partial charge on any atom is -0.491 e. The lowest BCUT2D eigenvalue weighted by atomic mass is 9.64. The first-order chi connectivity index (χ1) is 17.1. The molecule has 0 spiro atoms. The molecule has 0 amide bonds. The van der Waals surface area contributed by atoms with E-state index in [1.165, 1.54) is 0 Å². The van der Waals surface area contributed by atoms with Crippen LogP contribution in [-0.4, -0.2) is 36.6 Å². The fraction of sp³-hybridized carbons (Fsp3) is 0.226. The van der Waals surface area contributed by atoms with Gasteiger partial charge in [0.05, 0.1) is 18.6 Å². The Morgan fingerprint density at radius 1 is 0.543 bits per heavy atom. The van der Waals surface area contributed by atoms with Gasteiger partial charge in [-0.2, -0.15) is 0 Å². The quantitative estimate of drug-likeness (QED) is 0.305. The Hall–Kier alpha value is -3.60. The summed E-state index contributed by atoms with van der Waals surface area (Å²) in [6.45, 7) is 4.54. The maximum Gasteiger partial charge on any atom is 0.122 e. The lowest BCUT2D eigenvalue weighted by molar-refractivity contribution is 0.200. The van der Waals surface area contributed by atoms with Gasteiger partial charge >= 0.3 is 0 Å². The summed E-state index contributed by atoms with van der Waals surface area (Å²) in [5.41, 5.74) is 5.97. The van der Waals surface area contributed by atoms with E-state index < -0.39 is 5.41 Å². The van der Waals surface area contributed by atoms with Crippen LogP contribution in [0.4, 0.5) is 0 Å². The molecule has 0 fully saturated rings. The summed E-state index contributed by atoms with van der Waals surface area (Å²) in [7, 11) is 0. The Balaban J connectivity index is 2.00. The van der Waals surface area contributed by atoms with Crippen molar-refractivity contribution in [3.05, 3.63) is 130 Å². The molecule has 0 saturated carbocycles. The molecule has 0 aromatic heterocycles. The van der Waals surface area contributed by atoms with Crippen LogP contribution in [0.1, 0.15) is 33.4 Å². The maximum absolute atomic E-state index is 9.20. The smallest absolute Gasteiger partial charge is 0.122 e. The van der Waals surface area contributed by atoms with Gasteiger partial charge in [-0.15, -0.1) is 0 Å². The van der Waals surface area contributed by atoms with E-state index in [0.717, 1.165) is 44.9 Å². The van der Waals surface area contributed by atoms with Crippen molar-refractivity contribution in [3.63, 3.8) is 0 Å². The molecule has 0 saturated heterocycles. The van der Waals surface area contributed by atoms with Crippen molar-refractivity contribution >= 4 is 0 Å². The standard InChI is InChI=1S/C31H32O4/c1-23-21-27(13-15-29(23)34-19-17-32)31(25-9-5-3-6-10-25,26-11-7-4-8-12-26)28-14-16-30(24(2)22-28)35-20-18-33/h3-16,21-22,32-33H,17-20H2,1-2H3. The van der Waals surface area contributed by atoms with E-state index in [2.05, 4.69) is 72.8 Å². The number of ether oxygens (including phenoxy) is 2. The van der Waals surface area contributed by atoms with Crippen molar-refractivity contribution in [1.82, 2.24) is 0 Å². The molecule has 4 aromatic rings. The van der Waals surface area contributed by atoms with Crippen molar-refractivity contribution in [3.8, 4) is 11.5 Å². The van der Waals surface area contributed by atoms with Gasteiger partial charge < -0.3 is 19.7 Å². The van der Waals surface area contributed by atoms with Crippen molar-refractivity contribution in [1.29, 1.82) is 0 Å². The Morgan fingerprint density at radius 2 is 0.943 bits per heavy atom. The molecular formula is C31H32O4. The summed E-state index contributed by atoms with van der Waals surface area (Å²) < 4.78 is 11.5. The van der Waals surface area contributed by atoms with E-state index in [0.29, 0.717) is 0 Å². The van der Waals surface area contributed by atoms with Crippen LogP contribution in [0.2, 0.25) is 0 Å². The number of hydrogen-bond donors (Lipinski definition) is 2. The number of benzene rings is 4. The third-order valence-electron chi connectivity index (χ3n) is 6.33. The Morgan fingerprint density at radius 3 is 1.29 bits per heavy atom. The first-order valence-corrected chi connectivity index (χ1v) is 11.9. The molecule has 0 bridgehead atoms. The van der Waals surface area contributed by atoms with Gasteiger partial charge in [0.1, 0.15) is 24.7 Å². The van der Waals surface area contributed by atoms with Crippen LogP contribution in [0.25, 0.3) is 0 Å². The van der Waals surface area contributed by atoms with Crippen LogP contribution < -0.4 is 9.47 Å². The predicted molar refractivity (Wildman–Crippen MR) is 139 cm³/mol. The van der Waals surface area contributed by atoms with Crippen LogP contribution in [0.3, 0.4) is 0 Å². The first-order valence-electron chi connectivity index (χ1n) is 11.9. The highest BCUT2D eigenvalue weighted by Gasteiger charge is 2.38. The number of aliphatic hydroxyl groups is 2. The predicted octanol–water partition coefficient (Wildman–Crippen LogP) is 5.43. The molecule has 0 aliphatic heterocycles. The molecule has 0 unspecified atom stereocenters. The van der Waals surface area contributed by atoms with Crippen molar-refractivity contribution in [2.24, 2.45) is 0 Å². The van der Waals surface area contributed by atoms with E-state index in [-0.39, 0.29) is 26.4 Å². The molecule has 0 radical (unpaired) electrons. The van der Waals surface area contributed by atoms with Crippen LogP contribution in [0, 0.1) is 13.8 Å². The summed E-state index contributed by atoms with van der Waals surface area (Å²) in [5.74, 6) is 1.53.